The monoisotopic (exact) mass is 592 g/mol. The number of fused-ring (bicyclic) bond motifs is 2. The van der Waals surface area contributed by atoms with Crippen molar-refractivity contribution in [3.05, 3.63) is 41.3 Å². The number of nitrogens with two attached hydrogens (primary N) is 1. The van der Waals surface area contributed by atoms with Crippen LogP contribution in [-0.4, -0.2) is 101 Å². The van der Waals surface area contributed by atoms with Gasteiger partial charge in [-0.3, -0.25) is 19.4 Å². The number of nitrogen functional groups attached to an aromatic ring is 1. The van der Waals surface area contributed by atoms with Gasteiger partial charge in [-0.25, -0.2) is 14.3 Å². The number of aromatic nitrogens is 3. The van der Waals surface area contributed by atoms with E-state index in [1.54, 1.807) is 18.4 Å². The number of methoxy groups -OCH3 is 1. The van der Waals surface area contributed by atoms with Crippen LogP contribution in [0.2, 0.25) is 0 Å². The molecule has 0 bridgehead atoms. The Hall–Kier alpha value is -4.11. The predicted molar refractivity (Wildman–Crippen MR) is 157 cm³/mol. The summed E-state index contributed by atoms with van der Waals surface area (Å²) in [6.07, 6.45) is 1.63. The molecule has 14 heteroatoms. The summed E-state index contributed by atoms with van der Waals surface area (Å²) < 4.78 is 8.64. The zero-order chi connectivity index (χ0) is 29.4. The first-order valence-corrected chi connectivity index (χ1v) is 14.5. The SMILES string of the molecule is COc1cc(C)cc2cc(-c3c(CN4CCNC(=O)C4)c(CN4CCN(OC(=O)C=O)CC4)n4ncnc(N)c34)sc12. The van der Waals surface area contributed by atoms with Crippen molar-refractivity contribution in [2.24, 2.45) is 0 Å². The van der Waals surface area contributed by atoms with E-state index in [-0.39, 0.29) is 12.2 Å². The number of hydroxylamine groups is 2. The average molecular weight is 593 g/mol. The van der Waals surface area contributed by atoms with Crippen LogP contribution in [0.5, 0.6) is 5.75 Å². The first-order valence-electron chi connectivity index (χ1n) is 13.7. The van der Waals surface area contributed by atoms with Crippen LogP contribution >= 0.6 is 11.3 Å². The third-order valence-corrected chi connectivity index (χ3v) is 8.86. The minimum atomic E-state index is -0.902. The summed E-state index contributed by atoms with van der Waals surface area (Å²) in [6, 6.07) is 6.33. The molecule has 2 fully saturated rings. The van der Waals surface area contributed by atoms with Crippen LogP contribution in [0.1, 0.15) is 16.8 Å². The fourth-order valence-corrected chi connectivity index (χ4v) is 6.95. The van der Waals surface area contributed by atoms with Crippen LogP contribution in [-0.2, 0) is 32.3 Å². The normalized spacial score (nSPS) is 17.0. The van der Waals surface area contributed by atoms with Crippen molar-refractivity contribution in [2.45, 2.75) is 20.0 Å². The smallest absolute Gasteiger partial charge is 0.390 e. The van der Waals surface area contributed by atoms with E-state index in [0.717, 1.165) is 55.2 Å². The lowest BCUT2D eigenvalue weighted by Crippen LogP contribution is -2.47. The Morgan fingerprint density at radius 1 is 1.14 bits per heavy atom. The molecule has 0 unspecified atom stereocenters. The Morgan fingerprint density at radius 3 is 2.69 bits per heavy atom. The third-order valence-electron chi connectivity index (χ3n) is 7.67. The molecule has 220 valence electrons. The number of nitrogens with zero attached hydrogens (tertiary/aromatic N) is 6. The molecule has 3 aromatic heterocycles. The van der Waals surface area contributed by atoms with Crippen molar-refractivity contribution in [2.75, 3.05) is 58.7 Å². The summed E-state index contributed by atoms with van der Waals surface area (Å²) in [4.78, 5) is 49.3. The number of piperazine rings is 2. The van der Waals surface area contributed by atoms with Gasteiger partial charge in [-0.1, -0.05) is 6.07 Å². The molecule has 0 aliphatic carbocycles. The number of thiophene rings is 1. The highest BCUT2D eigenvalue weighted by atomic mass is 32.1. The Morgan fingerprint density at radius 2 is 1.95 bits per heavy atom. The number of nitrogens with one attached hydrogen (secondary N) is 1. The quantitative estimate of drug-likeness (QED) is 0.225. The van der Waals surface area contributed by atoms with Crippen LogP contribution in [0.25, 0.3) is 26.0 Å². The first-order chi connectivity index (χ1) is 20.3. The fourth-order valence-electron chi connectivity index (χ4n) is 5.75. The molecule has 4 aromatic rings. The van der Waals surface area contributed by atoms with E-state index in [1.807, 2.05) is 17.5 Å². The summed E-state index contributed by atoms with van der Waals surface area (Å²) in [5.41, 5.74) is 11.3. The molecule has 2 aliphatic heterocycles. The standard InChI is InChI=1S/C28H32N8O5S/c1-17-9-18-11-22(42-27(18)21(10-17)40-2)25-19(12-34-4-3-30-23(38)14-34)20(36-26(25)28(29)31-16-32-36)13-33-5-7-35(8-6-33)41-24(39)15-37/h9-11,15-16H,3-8,12-14H2,1-2H3,(H,30,38)(H2,29,31,32). The lowest BCUT2D eigenvalue weighted by Gasteiger charge is -2.33. The van der Waals surface area contributed by atoms with Gasteiger partial charge in [0, 0.05) is 68.4 Å². The van der Waals surface area contributed by atoms with Crippen molar-refractivity contribution in [3.63, 3.8) is 0 Å². The minimum Gasteiger partial charge on any atom is -0.495 e. The summed E-state index contributed by atoms with van der Waals surface area (Å²) in [5.74, 6) is 0.281. The average Bonchev–Trinajstić information content (AvgIpc) is 3.53. The molecule has 42 heavy (non-hydrogen) atoms. The van der Waals surface area contributed by atoms with Gasteiger partial charge in [0.2, 0.25) is 12.2 Å². The highest BCUT2D eigenvalue weighted by Crippen LogP contribution is 2.44. The van der Waals surface area contributed by atoms with E-state index in [2.05, 4.69) is 37.3 Å². The Bertz CT molecular complexity index is 1680. The van der Waals surface area contributed by atoms with E-state index in [4.69, 9.17) is 15.3 Å². The number of carbonyl (C=O) groups is 3. The Labute approximate surface area is 245 Å². The first kappa shape index (κ1) is 28.0. The maximum Gasteiger partial charge on any atom is 0.390 e. The van der Waals surface area contributed by atoms with Gasteiger partial charge in [0.1, 0.15) is 17.6 Å². The van der Waals surface area contributed by atoms with E-state index in [9.17, 15) is 14.4 Å². The van der Waals surface area contributed by atoms with Gasteiger partial charge < -0.3 is 20.6 Å². The number of anilines is 1. The number of benzene rings is 1. The number of rotatable bonds is 8. The molecule has 1 amide bonds. The van der Waals surface area contributed by atoms with Gasteiger partial charge in [0.15, 0.2) is 5.82 Å². The van der Waals surface area contributed by atoms with E-state index in [1.165, 1.54) is 11.4 Å². The highest BCUT2D eigenvalue weighted by Gasteiger charge is 2.29. The molecular formula is C28H32N8O5S. The zero-order valence-corrected chi connectivity index (χ0v) is 24.3. The lowest BCUT2D eigenvalue weighted by molar-refractivity contribution is -0.195. The van der Waals surface area contributed by atoms with Gasteiger partial charge in [-0.2, -0.15) is 5.10 Å². The maximum atomic E-state index is 12.3. The number of hydrogen-bond acceptors (Lipinski definition) is 12. The molecule has 3 N–H and O–H groups in total. The molecule has 0 spiro atoms. The Kier molecular flexibility index (Phi) is 7.77. The largest absolute Gasteiger partial charge is 0.495 e. The van der Waals surface area contributed by atoms with Crippen LogP contribution in [0.15, 0.2) is 24.5 Å². The summed E-state index contributed by atoms with van der Waals surface area (Å²) in [5, 5.41) is 10.1. The second-order valence-corrected chi connectivity index (χ2v) is 11.5. The molecule has 2 saturated heterocycles. The second-order valence-electron chi connectivity index (χ2n) is 10.5. The third kappa shape index (κ3) is 5.41. The molecule has 0 saturated carbocycles. The number of hydrogen-bond donors (Lipinski definition) is 2. The number of ether oxygens (including phenoxy) is 1. The van der Waals surface area contributed by atoms with Crippen LogP contribution in [0.3, 0.4) is 0 Å². The van der Waals surface area contributed by atoms with Gasteiger partial charge in [0.25, 0.3) is 0 Å². The van der Waals surface area contributed by atoms with E-state index in [0.29, 0.717) is 58.2 Å². The van der Waals surface area contributed by atoms with E-state index >= 15 is 0 Å². The molecule has 0 radical (unpaired) electrons. The fraction of sp³-hybridized carbons (Fsp3) is 0.393. The van der Waals surface area contributed by atoms with Crippen molar-refractivity contribution < 1.29 is 24.0 Å². The topological polar surface area (TPSA) is 148 Å². The molecule has 6 rings (SSSR count). The number of carbonyl (C=O) groups excluding carboxylic acids is 3. The lowest BCUT2D eigenvalue weighted by atomic mass is 10.0. The molecule has 0 atom stereocenters. The summed E-state index contributed by atoms with van der Waals surface area (Å²) in [6.45, 7) is 6.88. The molecule has 2 aliphatic rings. The van der Waals surface area contributed by atoms with Crippen molar-refractivity contribution in [1.29, 1.82) is 0 Å². The highest BCUT2D eigenvalue weighted by molar-refractivity contribution is 7.22. The maximum absolute atomic E-state index is 12.3. The van der Waals surface area contributed by atoms with Crippen molar-refractivity contribution in [1.82, 2.24) is 34.8 Å². The number of amides is 1. The molecule has 1 aromatic carbocycles. The van der Waals surface area contributed by atoms with Gasteiger partial charge in [0.05, 0.1) is 24.0 Å². The van der Waals surface area contributed by atoms with Gasteiger partial charge >= 0.3 is 5.97 Å². The van der Waals surface area contributed by atoms with Gasteiger partial charge in [-0.15, -0.1) is 16.4 Å². The second kappa shape index (κ2) is 11.6. The summed E-state index contributed by atoms with van der Waals surface area (Å²) >= 11 is 1.63. The molecular weight excluding hydrogens is 560 g/mol. The van der Waals surface area contributed by atoms with Crippen LogP contribution < -0.4 is 15.8 Å². The molecule has 13 nitrogen and oxygen atoms in total. The predicted octanol–water partition coefficient (Wildman–Crippen LogP) is 1.22. The minimum absolute atomic E-state index is 0.00418. The van der Waals surface area contributed by atoms with Crippen molar-refractivity contribution >= 4 is 50.9 Å². The van der Waals surface area contributed by atoms with Crippen molar-refractivity contribution in [3.8, 4) is 16.2 Å². The van der Waals surface area contributed by atoms with Crippen LogP contribution in [0, 0.1) is 6.92 Å². The zero-order valence-electron chi connectivity index (χ0n) is 23.5. The number of aldehydes is 1. The Balaban J connectivity index is 1.45. The van der Waals surface area contributed by atoms with E-state index < -0.39 is 5.97 Å². The van der Waals surface area contributed by atoms with Crippen LogP contribution in [0.4, 0.5) is 5.82 Å². The number of aryl methyl sites for hydroxylation is 1. The summed E-state index contributed by atoms with van der Waals surface area (Å²) in [7, 11) is 1.68. The molecule has 5 heterocycles. The van der Waals surface area contributed by atoms with Gasteiger partial charge in [-0.05, 0) is 30.0 Å².